The minimum atomic E-state index is -0.0730. The normalized spacial score (nSPS) is 11.9. The number of aliphatic imine (C=N–C) groups is 1. The molecule has 9 heteroatoms. The third kappa shape index (κ3) is 42.3. The summed E-state index contributed by atoms with van der Waals surface area (Å²) < 4.78 is 17.6. The minimum absolute atomic E-state index is 0.0730. The lowest BCUT2D eigenvalue weighted by Gasteiger charge is -2.22. The van der Waals surface area contributed by atoms with Gasteiger partial charge in [0.15, 0.2) is 6.19 Å². The molecule has 0 heterocycles. The number of nitriles is 1. The molecule has 0 atom stereocenters. The quantitative estimate of drug-likeness (QED) is 0.00947. The largest absolute Gasteiger partial charge is 0.461 e. The molecule has 0 rings (SSSR count). The number of hydrogen-bond donors (Lipinski definition) is 1. The number of carbonyl (C=O) groups excluding carboxylic acids is 1. The number of unbranched alkanes of at least 4 members (excludes halogenated alkanes) is 23. The topological polar surface area (TPSA) is 99.4 Å². The molecule has 0 saturated carbocycles. The first-order valence-corrected chi connectivity index (χ1v) is 25.1. The summed E-state index contributed by atoms with van der Waals surface area (Å²) in [6.07, 6.45) is 45.4. The van der Waals surface area contributed by atoms with Gasteiger partial charge in [0.05, 0.1) is 6.10 Å². The van der Waals surface area contributed by atoms with Gasteiger partial charge in [-0.15, -0.1) is 0 Å². The van der Waals surface area contributed by atoms with Crippen molar-refractivity contribution < 1.29 is 19.0 Å². The van der Waals surface area contributed by atoms with Crippen molar-refractivity contribution in [3.63, 3.8) is 0 Å². The van der Waals surface area contributed by atoms with E-state index in [0.717, 1.165) is 64.8 Å². The Morgan fingerprint density at radius 1 is 0.644 bits per heavy atom. The Bertz CT molecular complexity index is 969. The van der Waals surface area contributed by atoms with Crippen molar-refractivity contribution in [2.24, 2.45) is 4.99 Å². The molecule has 59 heavy (non-hydrogen) atoms. The van der Waals surface area contributed by atoms with Crippen LogP contribution in [0.15, 0.2) is 17.1 Å². The molecule has 0 aromatic carbocycles. The van der Waals surface area contributed by atoms with Gasteiger partial charge in [-0.05, 0) is 77.4 Å². The smallest absolute Gasteiger partial charge is 0.306 e. The molecule has 0 aliphatic carbocycles. The van der Waals surface area contributed by atoms with Gasteiger partial charge in [-0.25, -0.2) is 0 Å². The van der Waals surface area contributed by atoms with Crippen LogP contribution in [0.5, 0.6) is 0 Å². The molecule has 0 amide bonds. The summed E-state index contributed by atoms with van der Waals surface area (Å²) in [5.74, 6) is 0.544. The monoisotopic (exact) mass is 832 g/mol. The average Bonchev–Trinajstić information content (AvgIpc) is 3.23. The van der Waals surface area contributed by atoms with Crippen molar-refractivity contribution in [1.82, 2.24) is 15.1 Å². The summed E-state index contributed by atoms with van der Waals surface area (Å²) in [5.41, 5.74) is 0. The van der Waals surface area contributed by atoms with Crippen molar-refractivity contribution in [2.45, 2.75) is 232 Å². The van der Waals surface area contributed by atoms with Gasteiger partial charge in [0.1, 0.15) is 13.4 Å². The number of nitrogens with one attached hydrogen (secondary N) is 1. The number of esters is 1. The van der Waals surface area contributed by atoms with Gasteiger partial charge < -0.3 is 24.0 Å². The number of nitrogens with zero attached hydrogens (tertiary/aromatic N) is 4. The van der Waals surface area contributed by atoms with Gasteiger partial charge in [0, 0.05) is 33.7 Å². The second-order valence-electron chi connectivity index (χ2n) is 17.1. The van der Waals surface area contributed by atoms with Gasteiger partial charge in [0.25, 0.3) is 0 Å². The van der Waals surface area contributed by atoms with E-state index in [0.29, 0.717) is 38.4 Å². The summed E-state index contributed by atoms with van der Waals surface area (Å²) in [6, 6.07) is 0. The molecule has 0 aromatic heterocycles. The van der Waals surface area contributed by atoms with Crippen LogP contribution in [-0.4, -0.2) is 88.1 Å². The lowest BCUT2D eigenvalue weighted by molar-refractivity contribution is -0.142. The molecule has 0 fully saturated rings. The lowest BCUT2D eigenvalue weighted by Crippen LogP contribution is -2.34. The minimum Gasteiger partial charge on any atom is -0.461 e. The summed E-state index contributed by atoms with van der Waals surface area (Å²) in [7, 11) is 3.81. The van der Waals surface area contributed by atoms with Crippen molar-refractivity contribution in [3.05, 3.63) is 12.2 Å². The van der Waals surface area contributed by atoms with Crippen LogP contribution in [0.25, 0.3) is 0 Å². The number of rotatable bonds is 45. The van der Waals surface area contributed by atoms with Crippen LogP contribution in [0.1, 0.15) is 226 Å². The third-order valence-electron chi connectivity index (χ3n) is 11.2. The SMILES string of the molecule is CCCCCC/C=C\COC(=O)CCCCCCCN(CCCCCCCCOCOC(CCCCCCCC)CCCCCCCC)CCCN=C(NC#N)N(C)C. The molecule has 0 saturated heterocycles. The maximum atomic E-state index is 12.1. The standard InChI is InChI=1S/C50H97N5O4/c1-6-9-12-15-19-28-35-45-58-49(56)39-31-24-21-26-33-42-55(43-36-40-52-50(53-46-51)54(4)5)41-32-25-18-20-27-34-44-57-47-59-48(37-29-22-16-13-10-7-2)38-30-23-17-14-11-8-3/h28,35,48H,6-27,29-34,36-45,47H2,1-5H3,(H,52,53)/b35-28-. The van der Waals surface area contributed by atoms with E-state index in [1.54, 1.807) is 0 Å². The van der Waals surface area contributed by atoms with Crippen molar-refractivity contribution >= 4 is 11.9 Å². The molecule has 0 aliphatic rings. The van der Waals surface area contributed by atoms with E-state index in [4.69, 9.17) is 19.5 Å². The van der Waals surface area contributed by atoms with Crippen LogP contribution in [-0.2, 0) is 19.0 Å². The van der Waals surface area contributed by atoms with Crippen molar-refractivity contribution in [3.8, 4) is 6.19 Å². The predicted molar refractivity (Wildman–Crippen MR) is 252 cm³/mol. The first kappa shape index (κ1) is 56.9. The molecule has 346 valence electrons. The highest BCUT2D eigenvalue weighted by molar-refractivity contribution is 5.80. The van der Waals surface area contributed by atoms with Crippen LogP contribution < -0.4 is 5.32 Å². The molecule has 1 N–H and O–H groups in total. The number of allylic oxidation sites excluding steroid dienone is 1. The van der Waals surface area contributed by atoms with Crippen molar-refractivity contribution in [1.29, 1.82) is 5.26 Å². The zero-order chi connectivity index (χ0) is 43.1. The molecule has 0 unspecified atom stereocenters. The van der Waals surface area contributed by atoms with Crippen LogP contribution >= 0.6 is 0 Å². The van der Waals surface area contributed by atoms with E-state index in [1.807, 2.05) is 31.3 Å². The van der Waals surface area contributed by atoms with E-state index in [-0.39, 0.29) is 5.97 Å². The average molecular weight is 832 g/mol. The first-order chi connectivity index (χ1) is 29.0. The summed E-state index contributed by atoms with van der Waals surface area (Å²) >= 11 is 0. The van der Waals surface area contributed by atoms with Gasteiger partial charge in [0.2, 0.25) is 5.96 Å². The van der Waals surface area contributed by atoms with E-state index >= 15 is 0 Å². The lowest BCUT2D eigenvalue weighted by atomic mass is 10.0. The second-order valence-corrected chi connectivity index (χ2v) is 17.1. The van der Waals surface area contributed by atoms with Crippen LogP contribution in [0, 0.1) is 11.5 Å². The van der Waals surface area contributed by atoms with E-state index in [2.05, 4.69) is 42.1 Å². The highest BCUT2D eigenvalue weighted by Gasteiger charge is 2.10. The Hall–Kier alpha value is -2.15. The fraction of sp³-hybridized carbons (Fsp3) is 0.900. The third-order valence-corrected chi connectivity index (χ3v) is 11.2. The Balaban J connectivity index is 4.35. The Labute approximate surface area is 366 Å². The molecule has 9 nitrogen and oxygen atoms in total. The molecular weight excluding hydrogens is 735 g/mol. The van der Waals surface area contributed by atoms with Crippen LogP contribution in [0.2, 0.25) is 0 Å². The number of ether oxygens (including phenoxy) is 3. The van der Waals surface area contributed by atoms with Crippen molar-refractivity contribution in [2.75, 3.05) is 60.3 Å². The summed E-state index contributed by atoms with van der Waals surface area (Å²) in [6.45, 7) is 12.4. The number of carbonyl (C=O) groups is 1. The number of guanidine groups is 1. The molecule has 0 bridgehead atoms. The Morgan fingerprint density at radius 2 is 1.15 bits per heavy atom. The molecule has 0 aliphatic heterocycles. The molecule has 0 aromatic rings. The fourth-order valence-corrected chi connectivity index (χ4v) is 7.45. The van der Waals surface area contributed by atoms with Gasteiger partial charge in [-0.1, -0.05) is 174 Å². The zero-order valence-corrected chi connectivity index (χ0v) is 39.7. The van der Waals surface area contributed by atoms with Gasteiger partial charge in [-0.3, -0.25) is 15.1 Å². The van der Waals surface area contributed by atoms with E-state index < -0.39 is 0 Å². The highest BCUT2D eigenvalue weighted by atomic mass is 16.7. The van der Waals surface area contributed by atoms with E-state index in [9.17, 15) is 4.79 Å². The van der Waals surface area contributed by atoms with E-state index in [1.165, 1.54) is 161 Å². The molecule has 0 spiro atoms. The van der Waals surface area contributed by atoms with Crippen LogP contribution in [0.3, 0.4) is 0 Å². The summed E-state index contributed by atoms with van der Waals surface area (Å²) in [4.78, 5) is 21.2. The first-order valence-electron chi connectivity index (χ1n) is 25.1. The second kappa shape index (κ2) is 46.9. The predicted octanol–water partition coefficient (Wildman–Crippen LogP) is 13.3. The summed E-state index contributed by atoms with van der Waals surface area (Å²) in [5, 5.41) is 11.7. The molecule has 0 radical (unpaired) electrons. The van der Waals surface area contributed by atoms with Gasteiger partial charge >= 0.3 is 5.97 Å². The number of hydrogen-bond acceptors (Lipinski definition) is 7. The Morgan fingerprint density at radius 3 is 1.73 bits per heavy atom. The fourth-order valence-electron chi connectivity index (χ4n) is 7.45. The highest BCUT2D eigenvalue weighted by Crippen LogP contribution is 2.17. The maximum Gasteiger partial charge on any atom is 0.306 e. The maximum absolute atomic E-state index is 12.1. The zero-order valence-electron chi connectivity index (χ0n) is 39.7. The van der Waals surface area contributed by atoms with Crippen LogP contribution in [0.4, 0.5) is 0 Å². The molecular formula is C50H97N5O4. The van der Waals surface area contributed by atoms with Gasteiger partial charge in [-0.2, -0.15) is 5.26 Å². The Kier molecular flexibility index (Phi) is 45.2.